The minimum absolute atomic E-state index is 0.561. The van der Waals surface area contributed by atoms with Crippen molar-refractivity contribution in [3.05, 3.63) is 17.5 Å². The number of nitrogens with zero attached hydrogens (tertiary/aromatic N) is 2. The van der Waals surface area contributed by atoms with E-state index < -0.39 is 0 Å². The Bertz CT molecular complexity index is 312. The van der Waals surface area contributed by atoms with Crippen LogP contribution in [0.15, 0.2) is 6.07 Å². The van der Waals surface area contributed by atoms with Crippen molar-refractivity contribution in [3.63, 3.8) is 0 Å². The molecule has 2 rings (SSSR count). The van der Waals surface area contributed by atoms with Crippen LogP contribution in [0, 0.1) is 0 Å². The maximum atomic E-state index is 4.67. The highest BCUT2D eigenvalue weighted by Gasteiger charge is 2.21. The van der Waals surface area contributed by atoms with Gasteiger partial charge in [0.15, 0.2) is 0 Å². The summed E-state index contributed by atoms with van der Waals surface area (Å²) in [6, 6.07) is 2.32. The molecule has 0 N–H and O–H groups in total. The molecule has 0 fully saturated rings. The summed E-state index contributed by atoms with van der Waals surface area (Å²) in [6.45, 7) is 7.84. The van der Waals surface area contributed by atoms with E-state index >= 15 is 0 Å². The summed E-state index contributed by atoms with van der Waals surface area (Å²) in [5.41, 5.74) is 2.74. The quantitative estimate of drug-likeness (QED) is 0.703. The van der Waals surface area contributed by atoms with E-state index in [-0.39, 0.29) is 0 Å². The molecule has 1 unspecified atom stereocenters. The van der Waals surface area contributed by atoms with Crippen molar-refractivity contribution >= 4 is 0 Å². The maximum Gasteiger partial charge on any atom is 0.0652 e. The third-order valence-corrected chi connectivity index (χ3v) is 3.26. The van der Waals surface area contributed by atoms with Gasteiger partial charge in [-0.05, 0) is 31.2 Å². The Morgan fingerprint density at radius 3 is 3.00 bits per heavy atom. The van der Waals surface area contributed by atoms with Crippen LogP contribution >= 0.6 is 0 Å². The second kappa shape index (κ2) is 3.76. The number of hydrogen-bond acceptors (Lipinski definition) is 1. The molecular formula is C12H20N2. The van der Waals surface area contributed by atoms with Gasteiger partial charge in [0.05, 0.1) is 5.69 Å². The number of fused-ring (bicyclic) bond motifs is 1. The SMILES string of the molecule is CCC1CCCn2nc(C(C)C)cc21. The van der Waals surface area contributed by atoms with Gasteiger partial charge in [-0.25, -0.2) is 0 Å². The zero-order valence-corrected chi connectivity index (χ0v) is 9.45. The van der Waals surface area contributed by atoms with Crippen LogP contribution in [-0.4, -0.2) is 9.78 Å². The Morgan fingerprint density at radius 1 is 1.57 bits per heavy atom. The van der Waals surface area contributed by atoms with Crippen LogP contribution in [0.5, 0.6) is 0 Å². The van der Waals surface area contributed by atoms with Crippen LogP contribution in [-0.2, 0) is 6.54 Å². The lowest BCUT2D eigenvalue weighted by atomic mass is 9.93. The van der Waals surface area contributed by atoms with Gasteiger partial charge in [0.1, 0.15) is 0 Å². The van der Waals surface area contributed by atoms with Crippen LogP contribution in [0.1, 0.15) is 63.3 Å². The molecule has 14 heavy (non-hydrogen) atoms. The molecule has 0 spiro atoms. The number of hydrogen-bond donors (Lipinski definition) is 0. The maximum absolute atomic E-state index is 4.67. The van der Waals surface area contributed by atoms with E-state index in [2.05, 4.69) is 36.6 Å². The molecule has 0 amide bonds. The van der Waals surface area contributed by atoms with E-state index in [1.807, 2.05) is 0 Å². The first-order valence-corrected chi connectivity index (χ1v) is 5.80. The van der Waals surface area contributed by atoms with Crippen LogP contribution in [0.25, 0.3) is 0 Å². The summed E-state index contributed by atoms with van der Waals surface area (Å²) >= 11 is 0. The minimum Gasteiger partial charge on any atom is -0.269 e. The third-order valence-electron chi connectivity index (χ3n) is 3.26. The minimum atomic E-state index is 0.561. The zero-order chi connectivity index (χ0) is 10.1. The van der Waals surface area contributed by atoms with E-state index in [0.717, 1.165) is 12.5 Å². The first kappa shape index (κ1) is 9.75. The predicted octanol–water partition coefficient (Wildman–Crippen LogP) is 3.29. The summed E-state index contributed by atoms with van der Waals surface area (Å²) in [6.07, 6.45) is 3.90. The van der Waals surface area contributed by atoms with E-state index in [4.69, 9.17) is 0 Å². The average molecular weight is 192 g/mol. The molecule has 0 radical (unpaired) electrons. The average Bonchev–Trinajstić information content (AvgIpc) is 2.60. The lowest BCUT2D eigenvalue weighted by Gasteiger charge is -2.21. The Kier molecular flexibility index (Phi) is 2.62. The predicted molar refractivity (Wildman–Crippen MR) is 58.6 cm³/mol. The molecule has 0 saturated heterocycles. The third kappa shape index (κ3) is 1.58. The lowest BCUT2D eigenvalue weighted by Crippen LogP contribution is -2.15. The molecule has 2 heteroatoms. The standard InChI is InChI=1S/C12H20N2/c1-4-10-6-5-7-14-12(10)8-11(13-14)9(2)3/h8-10H,4-7H2,1-3H3. The summed E-state index contributed by atoms with van der Waals surface area (Å²) in [4.78, 5) is 0. The molecule has 78 valence electrons. The van der Waals surface area contributed by atoms with Gasteiger partial charge in [-0.1, -0.05) is 20.8 Å². The monoisotopic (exact) mass is 192 g/mol. The van der Waals surface area contributed by atoms with Crippen molar-refractivity contribution in [2.45, 2.75) is 58.4 Å². The van der Waals surface area contributed by atoms with Gasteiger partial charge < -0.3 is 0 Å². The van der Waals surface area contributed by atoms with E-state index in [9.17, 15) is 0 Å². The molecule has 0 aliphatic carbocycles. The highest BCUT2D eigenvalue weighted by atomic mass is 15.3. The lowest BCUT2D eigenvalue weighted by molar-refractivity contribution is 0.415. The van der Waals surface area contributed by atoms with Crippen molar-refractivity contribution in [2.75, 3.05) is 0 Å². The van der Waals surface area contributed by atoms with Gasteiger partial charge in [0.2, 0.25) is 0 Å². The Balaban J connectivity index is 2.33. The second-order valence-corrected chi connectivity index (χ2v) is 4.62. The molecule has 1 aliphatic rings. The van der Waals surface area contributed by atoms with Crippen LogP contribution < -0.4 is 0 Å². The van der Waals surface area contributed by atoms with Crippen molar-refractivity contribution in [3.8, 4) is 0 Å². The molecule has 1 aliphatic heterocycles. The molecule has 2 nitrogen and oxygen atoms in total. The van der Waals surface area contributed by atoms with Gasteiger partial charge in [-0.2, -0.15) is 5.10 Å². The molecule has 0 aromatic carbocycles. The van der Waals surface area contributed by atoms with E-state index in [1.165, 1.54) is 30.7 Å². The van der Waals surface area contributed by atoms with E-state index in [1.54, 1.807) is 0 Å². The van der Waals surface area contributed by atoms with Gasteiger partial charge in [0.25, 0.3) is 0 Å². The smallest absolute Gasteiger partial charge is 0.0652 e. The molecule has 1 aromatic rings. The Morgan fingerprint density at radius 2 is 2.36 bits per heavy atom. The molecule has 0 bridgehead atoms. The van der Waals surface area contributed by atoms with Crippen LogP contribution in [0.4, 0.5) is 0 Å². The Labute approximate surface area is 86.3 Å². The number of rotatable bonds is 2. The van der Waals surface area contributed by atoms with Crippen LogP contribution in [0.3, 0.4) is 0 Å². The van der Waals surface area contributed by atoms with Crippen LogP contribution in [0.2, 0.25) is 0 Å². The van der Waals surface area contributed by atoms with Crippen molar-refractivity contribution < 1.29 is 0 Å². The molecule has 2 heterocycles. The molecule has 1 atom stereocenters. The largest absolute Gasteiger partial charge is 0.269 e. The molecule has 1 aromatic heterocycles. The summed E-state index contributed by atoms with van der Waals surface area (Å²) < 4.78 is 2.23. The summed E-state index contributed by atoms with van der Waals surface area (Å²) in [5, 5.41) is 4.67. The normalized spacial score (nSPS) is 21.3. The molecular weight excluding hydrogens is 172 g/mol. The fraction of sp³-hybridized carbons (Fsp3) is 0.750. The highest BCUT2D eigenvalue weighted by Crippen LogP contribution is 2.31. The Hall–Kier alpha value is -0.790. The topological polar surface area (TPSA) is 17.8 Å². The fourth-order valence-electron chi connectivity index (χ4n) is 2.29. The summed E-state index contributed by atoms with van der Waals surface area (Å²) in [5.74, 6) is 1.31. The summed E-state index contributed by atoms with van der Waals surface area (Å²) in [7, 11) is 0. The van der Waals surface area contributed by atoms with Crippen molar-refractivity contribution in [1.82, 2.24) is 9.78 Å². The second-order valence-electron chi connectivity index (χ2n) is 4.62. The van der Waals surface area contributed by atoms with Gasteiger partial charge >= 0.3 is 0 Å². The van der Waals surface area contributed by atoms with E-state index in [0.29, 0.717) is 5.92 Å². The number of aryl methyl sites for hydroxylation is 1. The van der Waals surface area contributed by atoms with Gasteiger partial charge in [-0.3, -0.25) is 4.68 Å². The zero-order valence-electron chi connectivity index (χ0n) is 9.45. The first-order valence-electron chi connectivity index (χ1n) is 5.80. The fourth-order valence-corrected chi connectivity index (χ4v) is 2.29. The van der Waals surface area contributed by atoms with Gasteiger partial charge in [-0.15, -0.1) is 0 Å². The van der Waals surface area contributed by atoms with Gasteiger partial charge in [0, 0.05) is 18.2 Å². The highest BCUT2D eigenvalue weighted by molar-refractivity contribution is 5.18. The molecule has 0 saturated carbocycles. The van der Waals surface area contributed by atoms with Crippen molar-refractivity contribution in [2.24, 2.45) is 0 Å². The number of aromatic nitrogens is 2. The van der Waals surface area contributed by atoms with Crippen molar-refractivity contribution in [1.29, 1.82) is 0 Å². The first-order chi connectivity index (χ1) is 6.72.